The van der Waals surface area contributed by atoms with E-state index in [2.05, 4.69) is 20.5 Å². The van der Waals surface area contributed by atoms with Crippen LogP contribution in [0.15, 0.2) is 36.8 Å². The molecule has 3 aromatic rings. The van der Waals surface area contributed by atoms with Gasteiger partial charge in [-0.15, -0.1) is 0 Å². The molecule has 3 rings (SSSR count). The van der Waals surface area contributed by atoms with Gasteiger partial charge >= 0.3 is 0 Å². The van der Waals surface area contributed by atoms with E-state index in [1.165, 1.54) is 12.3 Å². The van der Waals surface area contributed by atoms with Crippen LogP contribution >= 0.6 is 0 Å². The van der Waals surface area contributed by atoms with Crippen molar-refractivity contribution in [3.05, 3.63) is 65.3 Å². The average molecular weight is 355 g/mol. The number of imidazole rings is 1. The molecule has 0 radical (unpaired) electrons. The third kappa shape index (κ3) is 3.51. The van der Waals surface area contributed by atoms with Crippen LogP contribution in [0.5, 0.6) is 0 Å². The SMILES string of the molecule is Cc1nccn1-c1ccc(CNC(=O)c2cn[nH]c2C(C)(C)C)cc1F. The van der Waals surface area contributed by atoms with Crippen molar-refractivity contribution in [3.8, 4) is 5.69 Å². The number of nitrogens with zero attached hydrogens (tertiary/aromatic N) is 3. The number of aryl methyl sites for hydroxylation is 1. The van der Waals surface area contributed by atoms with Crippen LogP contribution in [0.1, 0.15) is 48.2 Å². The average Bonchev–Trinajstić information content (AvgIpc) is 3.21. The molecular formula is C19H22FN5O. The summed E-state index contributed by atoms with van der Waals surface area (Å²) in [5.41, 5.74) is 2.16. The van der Waals surface area contributed by atoms with Gasteiger partial charge in [0, 0.05) is 24.4 Å². The molecule has 0 unspecified atom stereocenters. The van der Waals surface area contributed by atoms with E-state index in [1.807, 2.05) is 27.7 Å². The second kappa shape index (κ2) is 6.74. The van der Waals surface area contributed by atoms with Gasteiger partial charge in [-0.05, 0) is 24.6 Å². The minimum absolute atomic E-state index is 0.223. The molecule has 1 amide bonds. The number of benzene rings is 1. The van der Waals surface area contributed by atoms with E-state index in [0.29, 0.717) is 22.6 Å². The van der Waals surface area contributed by atoms with Crippen molar-refractivity contribution in [2.45, 2.75) is 39.7 Å². The zero-order valence-corrected chi connectivity index (χ0v) is 15.3. The minimum atomic E-state index is -0.364. The third-order valence-corrected chi connectivity index (χ3v) is 4.18. The van der Waals surface area contributed by atoms with Crippen molar-refractivity contribution >= 4 is 5.91 Å². The van der Waals surface area contributed by atoms with Crippen molar-refractivity contribution in [1.82, 2.24) is 25.1 Å². The summed E-state index contributed by atoms with van der Waals surface area (Å²) in [6.07, 6.45) is 4.85. The van der Waals surface area contributed by atoms with Crippen LogP contribution in [0.2, 0.25) is 0 Å². The van der Waals surface area contributed by atoms with Gasteiger partial charge in [0.2, 0.25) is 0 Å². The van der Waals surface area contributed by atoms with Gasteiger partial charge < -0.3 is 9.88 Å². The van der Waals surface area contributed by atoms with Gasteiger partial charge in [0.25, 0.3) is 5.91 Å². The number of hydrogen-bond donors (Lipinski definition) is 2. The highest BCUT2D eigenvalue weighted by Crippen LogP contribution is 2.23. The van der Waals surface area contributed by atoms with E-state index in [4.69, 9.17) is 0 Å². The largest absolute Gasteiger partial charge is 0.348 e. The maximum absolute atomic E-state index is 14.4. The van der Waals surface area contributed by atoms with Gasteiger partial charge in [-0.3, -0.25) is 9.89 Å². The number of hydrogen-bond acceptors (Lipinski definition) is 3. The van der Waals surface area contributed by atoms with Crippen LogP contribution in [-0.4, -0.2) is 25.7 Å². The minimum Gasteiger partial charge on any atom is -0.348 e. The zero-order chi connectivity index (χ0) is 18.9. The number of amides is 1. The number of aromatic nitrogens is 4. The smallest absolute Gasteiger partial charge is 0.255 e. The van der Waals surface area contributed by atoms with Crippen molar-refractivity contribution < 1.29 is 9.18 Å². The Hall–Kier alpha value is -2.96. The number of halogens is 1. The predicted octanol–water partition coefficient (Wildman–Crippen LogP) is 3.27. The predicted molar refractivity (Wildman–Crippen MR) is 96.7 cm³/mol. The van der Waals surface area contributed by atoms with Crippen LogP contribution in [0, 0.1) is 12.7 Å². The van der Waals surface area contributed by atoms with E-state index in [-0.39, 0.29) is 23.7 Å². The Morgan fingerprint density at radius 2 is 2.12 bits per heavy atom. The molecule has 2 aromatic heterocycles. The van der Waals surface area contributed by atoms with E-state index in [0.717, 1.165) is 5.69 Å². The van der Waals surface area contributed by atoms with Crippen LogP contribution in [0.4, 0.5) is 4.39 Å². The molecule has 0 fully saturated rings. The Balaban J connectivity index is 1.73. The molecule has 0 aliphatic rings. The molecule has 6 nitrogen and oxygen atoms in total. The zero-order valence-electron chi connectivity index (χ0n) is 15.3. The summed E-state index contributed by atoms with van der Waals surface area (Å²) in [5.74, 6) is 0.106. The molecule has 0 aliphatic heterocycles. The molecule has 0 saturated carbocycles. The molecule has 1 aromatic carbocycles. The van der Waals surface area contributed by atoms with Gasteiger partial charge in [-0.25, -0.2) is 9.37 Å². The summed E-state index contributed by atoms with van der Waals surface area (Å²) in [7, 11) is 0. The van der Waals surface area contributed by atoms with Crippen molar-refractivity contribution in [2.75, 3.05) is 0 Å². The number of nitrogens with one attached hydrogen (secondary N) is 2. The summed E-state index contributed by atoms with van der Waals surface area (Å²) in [5, 5.41) is 9.68. The van der Waals surface area contributed by atoms with Crippen LogP contribution in [0.3, 0.4) is 0 Å². The highest BCUT2D eigenvalue weighted by Gasteiger charge is 2.23. The van der Waals surface area contributed by atoms with Crippen LogP contribution in [0.25, 0.3) is 5.69 Å². The maximum atomic E-state index is 14.4. The number of rotatable bonds is 4. The Kier molecular flexibility index (Phi) is 4.63. The lowest BCUT2D eigenvalue weighted by atomic mass is 9.89. The highest BCUT2D eigenvalue weighted by molar-refractivity contribution is 5.95. The molecule has 136 valence electrons. The van der Waals surface area contributed by atoms with E-state index < -0.39 is 0 Å². The Bertz CT molecular complexity index is 936. The molecule has 0 aliphatic carbocycles. The highest BCUT2D eigenvalue weighted by atomic mass is 19.1. The molecule has 7 heteroatoms. The molecule has 0 atom stereocenters. The number of aromatic amines is 1. The number of carbonyl (C=O) groups excluding carboxylic acids is 1. The first-order valence-corrected chi connectivity index (χ1v) is 8.38. The monoisotopic (exact) mass is 355 g/mol. The molecule has 2 heterocycles. The molecule has 0 saturated heterocycles. The molecule has 26 heavy (non-hydrogen) atoms. The quantitative estimate of drug-likeness (QED) is 0.754. The molecule has 2 N–H and O–H groups in total. The summed E-state index contributed by atoms with van der Waals surface area (Å²) < 4.78 is 16.1. The Morgan fingerprint density at radius 3 is 2.73 bits per heavy atom. The van der Waals surface area contributed by atoms with Gasteiger partial charge in [0.05, 0.1) is 23.1 Å². The maximum Gasteiger partial charge on any atom is 0.255 e. The molecule has 0 bridgehead atoms. The second-order valence-electron chi connectivity index (χ2n) is 7.22. The van der Waals surface area contributed by atoms with Gasteiger partial charge in [-0.2, -0.15) is 5.10 Å². The fourth-order valence-electron chi connectivity index (χ4n) is 2.80. The normalized spacial score (nSPS) is 11.6. The first-order chi connectivity index (χ1) is 12.3. The number of carbonyl (C=O) groups is 1. The van der Waals surface area contributed by atoms with Crippen LogP contribution in [-0.2, 0) is 12.0 Å². The van der Waals surface area contributed by atoms with Gasteiger partial charge in [0.15, 0.2) is 0 Å². The molecule has 0 spiro atoms. The van der Waals surface area contributed by atoms with Crippen LogP contribution < -0.4 is 5.32 Å². The first-order valence-electron chi connectivity index (χ1n) is 8.38. The Labute approximate surface area is 151 Å². The van der Waals surface area contributed by atoms with Crippen molar-refractivity contribution in [2.24, 2.45) is 0 Å². The van der Waals surface area contributed by atoms with E-state index in [1.54, 1.807) is 29.1 Å². The fraction of sp³-hybridized carbons (Fsp3) is 0.316. The topological polar surface area (TPSA) is 75.6 Å². The first kappa shape index (κ1) is 17.8. The van der Waals surface area contributed by atoms with E-state index in [9.17, 15) is 9.18 Å². The summed E-state index contributed by atoms with van der Waals surface area (Å²) >= 11 is 0. The lowest BCUT2D eigenvalue weighted by Crippen LogP contribution is -2.26. The fourth-order valence-corrected chi connectivity index (χ4v) is 2.80. The number of H-pyrrole nitrogens is 1. The van der Waals surface area contributed by atoms with Gasteiger partial charge in [-0.1, -0.05) is 26.8 Å². The lowest BCUT2D eigenvalue weighted by molar-refractivity contribution is 0.0948. The van der Waals surface area contributed by atoms with Gasteiger partial charge in [0.1, 0.15) is 11.6 Å². The summed E-state index contributed by atoms with van der Waals surface area (Å²) in [4.78, 5) is 16.6. The molecular weight excluding hydrogens is 333 g/mol. The standard InChI is InChI=1S/C19H22FN5O/c1-12-21-7-8-25(12)16-6-5-13(9-15(16)20)10-22-18(26)14-11-23-24-17(14)19(2,3)4/h5-9,11H,10H2,1-4H3,(H,22,26)(H,23,24). The Morgan fingerprint density at radius 1 is 1.35 bits per heavy atom. The second-order valence-corrected chi connectivity index (χ2v) is 7.22. The van der Waals surface area contributed by atoms with Crippen molar-refractivity contribution in [1.29, 1.82) is 0 Å². The third-order valence-electron chi connectivity index (χ3n) is 4.18. The van der Waals surface area contributed by atoms with Crippen molar-refractivity contribution in [3.63, 3.8) is 0 Å². The summed E-state index contributed by atoms with van der Waals surface area (Å²) in [6, 6.07) is 4.90. The van der Waals surface area contributed by atoms with E-state index >= 15 is 0 Å². The summed E-state index contributed by atoms with van der Waals surface area (Å²) in [6.45, 7) is 8.05. The lowest BCUT2D eigenvalue weighted by Gasteiger charge is -2.18.